The topological polar surface area (TPSA) is 121 Å². The Hall–Kier alpha value is -1.92. The number of nitrogens with one attached hydrogen (secondary N) is 3. The van der Waals surface area contributed by atoms with Gasteiger partial charge < -0.3 is 26.4 Å². The molecule has 0 saturated carbocycles. The monoisotopic (exact) mass is 574 g/mol. The van der Waals surface area contributed by atoms with E-state index in [-0.39, 0.29) is 36.4 Å². The number of rotatable bonds is 11. The van der Waals surface area contributed by atoms with Crippen molar-refractivity contribution in [2.75, 3.05) is 45.9 Å². The summed E-state index contributed by atoms with van der Waals surface area (Å²) in [6.07, 6.45) is 1.12. The second-order valence-corrected chi connectivity index (χ2v) is 8.35. The van der Waals surface area contributed by atoms with Crippen LogP contribution in [0.3, 0.4) is 0 Å². The van der Waals surface area contributed by atoms with Crippen LogP contribution < -0.4 is 21.7 Å². The number of aliphatic imine (C=N–C) groups is 1. The Morgan fingerprint density at radius 1 is 1.12 bits per heavy atom. The Labute approximate surface area is 214 Å². The molecule has 0 radical (unpaired) electrons. The summed E-state index contributed by atoms with van der Waals surface area (Å²) < 4.78 is 5.51. The van der Waals surface area contributed by atoms with Gasteiger partial charge in [-0.1, -0.05) is 26.0 Å². The molecule has 33 heavy (non-hydrogen) atoms. The summed E-state index contributed by atoms with van der Waals surface area (Å²) in [5.74, 6) is 0.492. The van der Waals surface area contributed by atoms with Crippen molar-refractivity contribution in [2.24, 2.45) is 16.6 Å². The van der Waals surface area contributed by atoms with Crippen LogP contribution in [0.25, 0.3) is 0 Å². The van der Waals surface area contributed by atoms with Gasteiger partial charge in [-0.25, -0.2) is 4.99 Å². The van der Waals surface area contributed by atoms with Crippen LogP contribution in [0.4, 0.5) is 0 Å². The molecular formula is C23H39IN6O3. The number of amides is 2. The smallest absolute Gasteiger partial charge is 0.251 e. The third-order valence-corrected chi connectivity index (χ3v) is 5.21. The van der Waals surface area contributed by atoms with E-state index in [0.29, 0.717) is 24.1 Å². The Kier molecular flexibility index (Phi) is 14.0. The Morgan fingerprint density at radius 2 is 1.79 bits per heavy atom. The van der Waals surface area contributed by atoms with Gasteiger partial charge in [-0.2, -0.15) is 0 Å². The van der Waals surface area contributed by atoms with Gasteiger partial charge in [0.25, 0.3) is 5.91 Å². The first-order chi connectivity index (χ1) is 15.4. The fourth-order valence-electron chi connectivity index (χ4n) is 3.61. The molecule has 0 aromatic heterocycles. The number of carbonyl (C=O) groups excluding carboxylic acids is 2. The van der Waals surface area contributed by atoms with E-state index in [1.165, 1.54) is 0 Å². The van der Waals surface area contributed by atoms with Gasteiger partial charge in [0.2, 0.25) is 5.91 Å². The van der Waals surface area contributed by atoms with E-state index in [4.69, 9.17) is 15.5 Å². The summed E-state index contributed by atoms with van der Waals surface area (Å²) in [5.41, 5.74) is 6.52. The molecule has 1 fully saturated rings. The average Bonchev–Trinajstić information content (AvgIpc) is 2.79. The molecule has 1 heterocycles. The standard InChI is InChI=1S/C23H38N6O3.HI/c1-4-25-23(28-15-20(13-17(2)3)29-9-11-32-12-10-29)27-14-18-5-7-19(8-6-18)22(31)26-16-21(24)30;/h5-8,17,20H,4,9-16H2,1-3H3,(H2,24,30)(H,26,31)(H2,25,27,28);1H. The zero-order chi connectivity index (χ0) is 23.3. The lowest BCUT2D eigenvalue weighted by Crippen LogP contribution is -2.51. The highest BCUT2D eigenvalue weighted by Gasteiger charge is 2.22. The molecule has 10 heteroatoms. The highest BCUT2D eigenvalue weighted by molar-refractivity contribution is 14.0. The SMILES string of the molecule is CCNC(=NCc1ccc(C(=O)NCC(N)=O)cc1)NCC(CC(C)C)N1CCOCC1.I. The summed E-state index contributed by atoms with van der Waals surface area (Å²) in [7, 11) is 0. The molecule has 5 N–H and O–H groups in total. The van der Waals surface area contributed by atoms with Gasteiger partial charge in [-0.05, 0) is 37.0 Å². The third kappa shape index (κ3) is 11.2. The lowest BCUT2D eigenvalue weighted by Gasteiger charge is -2.35. The number of morpholine rings is 1. The number of hydrogen-bond acceptors (Lipinski definition) is 5. The number of nitrogens with two attached hydrogens (primary N) is 1. The molecule has 1 aromatic rings. The molecule has 0 bridgehead atoms. The summed E-state index contributed by atoms with van der Waals surface area (Å²) in [6, 6.07) is 7.60. The first kappa shape index (κ1) is 29.1. The largest absolute Gasteiger partial charge is 0.379 e. The number of benzene rings is 1. The second-order valence-electron chi connectivity index (χ2n) is 8.35. The van der Waals surface area contributed by atoms with Crippen LogP contribution in [0.1, 0.15) is 43.1 Å². The van der Waals surface area contributed by atoms with Gasteiger partial charge in [0.1, 0.15) is 0 Å². The minimum atomic E-state index is -0.572. The van der Waals surface area contributed by atoms with Crippen LogP contribution in [0.2, 0.25) is 0 Å². The molecule has 0 spiro atoms. The van der Waals surface area contributed by atoms with E-state index in [2.05, 4.69) is 34.7 Å². The van der Waals surface area contributed by atoms with Gasteiger partial charge in [-0.3, -0.25) is 14.5 Å². The molecule has 9 nitrogen and oxygen atoms in total. The highest BCUT2D eigenvalue weighted by Crippen LogP contribution is 2.13. The van der Waals surface area contributed by atoms with Gasteiger partial charge in [0.15, 0.2) is 5.96 Å². The van der Waals surface area contributed by atoms with E-state index >= 15 is 0 Å². The predicted molar refractivity (Wildman–Crippen MR) is 142 cm³/mol. The number of primary amides is 1. The molecule has 1 saturated heterocycles. The van der Waals surface area contributed by atoms with Crippen LogP contribution in [-0.4, -0.2) is 74.7 Å². The first-order valence-electron chi connectivity index (χ1n) is 11.4. The quantitative estimate of drug-likeness (QED) is 0.180. The van der Waals surface area contributed by atoms with Gasteiger partial charge in [-0.15, -0.1) is 24.0 Å². The van der Waals surface area contributed by atoms with Crippen molar-refractivity contribution < 1.29 is 14.3 Å². The third-order valence-electron chi connectivity index (χ3n) is 5.21. The van der Waals surface area contributed by atoms with Crippen molar-refractivity contribution in [3.05, 3.63) is 35.4 Å². The van der Waals surface area contributed by atoms with Gasteiger partial charge in [0.05, 0.1) is 26.3 Å². The molecule has 0 aliphatic carbocycles. The fraction of sp³-hybridized carbons (Fsp3) is 0.609. The van der Waals surface area contributed by atoms with E-state index < -0.39 is 5.91 Å². The molecule has 1 atom stereocenters. The van der Waals surface area contributed by atoms with Crippen molar-refractivity contribution >= 4 is 41.8 Å². The highest BCUT2D eigenvalue weighted by atomic mass is 127. The molecule has 1 aliphatic heterocycles. The summed E-state index contributed by atoms with van der Waals surface area (Å²) in [5, 5.41) is 9.29. The normalized spacial score (nSPS) is 15.5. The van der Waals surface area contributed by atoms with E-state index in [1.54, 1.807) is 12.1 Å². The van der Waals surface area contributed by atoms with Crippen molar-refractivity contribution in [3.8, 4) is 0 Å². The molecule has 2 rings (SSSR count). The molecule has 2 amide bonds. The minimum absolute atomic E-state index is 0. The number of guanidine groups is 1. The first-order valence-corrected chi connectivity index (χ1v) is 11.4. The molecule has 1 aromatic carbocycles. The lowest BCUT2D eigenvalue weighted by molar-refractivity contribution is -0.117. The van der Waals surface area contributed by atoms with E-state index in [9.17, 15) is 9.59 Å². The van der Waals surface area contributed by atoms with Gasteiger partial charge in [0, 0.05) is 37.8 Å². The van der Waals surface area contributed by atoms with Crippen molar-refractivity contribution in [1.29, 1.82) is 0 Å². The Balaban J connectivity index is 0.00000544. The maximum Gasteiger partial charge on any atom is 0.251 e. The number of carbonyl (C=O) groups is 2. The molecule has 1 aliphatic rings. The summed E-state index contributed by atoms with van der Waals surface area (Å²) >= 11 is 0. The number of nitrogens with zero attached hydrogens (tertiary/aromatic N) is 2. The maximum absolute atomic E-state index is 12.0. The van der Waals surface area contributed by atoms with Crippen molar-refractivity contribution in [3.63, 3.8) is 0 Å². The Morgan fingerprint density at radius 3 is 2.36 bits per heavy atom. The zero-order valence-corrected chi connectivity index (χ0v) is 22.3. The molecule has 1 unspecified atom stereocenters. The van der Waals surface area contributed by atoms with Crippen LogP contribution in [-0.2, 0) is 16.1 Å². The molecular weight excluding hydrogens is 535 g/mol. The fourth-order valence-corrected chi connectivity index (χ4v) is 3.61. The second kappa shape index (κ2) is 15.8. The number of hydrogen-bond donors (Lipinski definition) is 4. The van der Waals surface area contributed by atoms with Crippen LogP contribution in [0, 0.1) is 5.92 Å². The predicted octanol–water partition coefficient (Wildman–Crippen LogP) is 1.32. The van der Waals surface area contributed by atoms with E-state index in [0.717, 1.165) is 57.3 Å². The number of ether oxygens (including phenoxy) is 1. The summed E-state index contributed by atoms with van der Waals surface area (Å²) in [4.78, 5) is 30.0. The zero-order valence-electron chi connectivity index (χ0n) is 19.9. The van der Waals surface area contributed by atoms with Crippen LogP contribution >= 0.6 is 24.0 Å². The molecule has 186 valence electrons. The van der Waals surface area contributed by atoms with Crippen molar-refractivity contribution in [2.45, 2.75) is 39.8 Å². The van der Waals surface area contributed by atoms with Crippen LogP contribution in [0.5, 0.6) is 0 Å². The van der Waals surface area contributed by atoms with Crippen LogP contribution in [0.15, 0.2) is 29.3 Å². The van der Waals surface area contributed by atoms with E-state index in [1.807, 2.05) is 19.1 Å². The average molecular weight is 575 g/mol. The Bertz CT molecular complexity index is 751. The number of halogens is 1. The minimum Gasteiger partial charge on any atom is -0.379 e. The summed E-state index contributed by atoms with van der Waals surface area (Å²) in [6.45, 7) is 12.0. The lowest BCUT2D eigenvalue weighted by atomic mass is 10.0. The van der Waals surface area contributed by atoms with Crippen molar-refractivity contribution in [1.82, 2.24) is 20.9 Å². The van der Waals surface area contributed by atoms with Gasteiger partial charge >= 0.3 is 0 Å². The maximum atomic E-state index is 12.0.